The standard InChI is InChI=1S/C22H22FN5O3S/c1-14(29)25-11-19-12-28(22(30)31-19)18-6-7-20(21(23)8-18)16-4-2-15(3-5-16)9-24-10-17-13-32-27-26-17/h2-8,13,19,24H,9-12H2,1H3,(H,25,29)/t19-/m0/s1. The topological polar surface area (TPSA) is 96.5 Å². The van der Waals surface area contributed by atoms with Gasteiger partial charge in [-0.05, 0) is 40.9 Å². The summed E-state index contributed by atoms with van der Waals surface area (Å²) in [5, 5.41) is 11.8. The molecular formula is C22H22FN5O3S. The van der Waals surface area contributed by atoms with Gasteiger partial charge in [0.15, 0.2) is 0 Å². The van der Waals surface area contributed by atoms with E-state index >= 15 is 0 Å². The Bertz CT molecular complexity index is 1090. The largest absolute Gasteiger partial charge is 0.442 e. The van der Waals surface area contributed by atoms with E-state index in [1.165, 1.54) is 29.4 Å². The first-order valence-electron chi connectivity index (χ1n) is 10.1. The molecule has 0 aliphatic carbocycles. The highest BCUT2D eigenvalue weighted by Crippen LogP contribution is 2.29. The van der Waals surface area contributed by atoms with Gasteiger partial charge in [-0.3, -0.25) is 9.69 Å². The van der Waals surface area contributed by atoms with E-state index in [-0.39, 0.29) is 19.0 Å². The van der Waals surface area contributed by atoms with Gasteiger partial charge in [0.1, 0.15) is 11.9 Å². The Hall–Kier alpha value is -3.37. The molecule has 2 aromatic carbocycles. The molecule has 0 unspecified atom stereocenters. The van der Waals surface area contributed by atoms with Crippen LogP contribution in [-0.2, 0) is 22.6 Å². The minimum Gasteiger partial charge on any atom is -0.442 e. The molecule has 0 bridgehead atoms. The second-order valence-corrected chi connectivity index (χ2v) is 8.02. The molecule has 2 heterocycles. The van der Waals surface area contributed by atoms with Crippen LogP contribution in [0.5, 0.6) is 0 Å². The van der Waals surface area contributed by atoms with Crippen molar-refractivity contribution in [3.63, 3.8) is 0 Å². The van der Waals surface area contributed by atoms with Gasteiger partial charge >= 0.3 is 6.09 Å². The van der Waals surface area contributed by atoms with Crippen molar-refractivity contribution in [3.05, 3.63) is 64.9 Å². The fraction of sp³-hybridized carbons (Fsp3) is 0.273. The van der Waals surface area contributed by atoms with Gasteiger partial charge in [-0.1, -0.05) is 28.8 Å². The Labute approximate surface area is 188 Å². The summed E-state index contributed by atoms with van der Waals surface area (Å²) in [4.78, 5) is 24.6. The highest BCUT2D eigenvalue weighted by molar-refractivity contribution is 7.03. The van der Waals surface area contributed by atoms with Crippen molar-refractivity contribution in [2.24, 2.45) is 0 Å². The van der Waals surface area contributed by atoms with Gasteiger partial charge < -0.3 is 15.4 Å². The molecule has 32 heavy (non-hydrogen) atoms. The molecule has 0 saturated carbocycles. The molecule has 1 fully saturated rings. The smallest absolute Gasteiger partial charge is 0.414 e. The summed E-state index contributed by atoms with van der Waals surface area (Å²) < 4.78 is 23.9. The number of nitrogens with one attached hydrogen (secondary N) is 2. The number of amides is 2. The predicted molar refractivity (Wildman–Crippen MR) is 119 cm³/mol. The molecule has 1 saturated heterocycles. The lowest BCUT2D eigenvalue weighted by Gasteiger charge is -2.15. The zero-order valence-corrected chi connectivity index (χ0v) is 18.2. The number of hydrogen-bond acceptors (Lipinski definition) is 7. The molecular weight excluding hydrogens is 433 g/mol. The quantitative estimate of drug-likeness (QED) is 0.542. The van der Waals surface area contributed by atoms with Crippen molar-refractivity contribution in [2.75, 3.05) is 18.0 Å². The van der Waals surface area contributed by atoms with Crippen LogP contribution in [-0.4, -0.2) is 40.8 Å². The van der Waals surface area contributed by atoms with E-state index in [9.17, 15) is 14.0 Å². The lowest BCUT2D eigenvalue weighted by molar-refractivity contribution is -0.119. The molecule has 8 nitrogen and oxygen atoms in total. The van der Waals surface area contributed by atoms with Crippen molar-refractivity contribution in [1.29, 1.82) is 0 Å². The number of cyclic esters (lactones) is 1. The highest BCUT2D eigenvalue weighted by atomic mass is 32.1. The Kier molecular flexibility index (Phi) is 6.72. The van der Waals surface area contributed by atoms with Gasteiger partial charge in [-0.25, -0.2) is 9.18 Å². The molecule has 1 aromatic heterocycles. The number of hydrogen-bond donors (Lipinski definition) is 2. The van der Waals surface area contributed by atoms with Gasteiger partial charge in [0.25, 0.3) is 0 Å². The molecule has 1 aliphatic rings. The van der Waals surface area contributed by atoms with E-state index in [1.807, 2.05) is 29.6 Å². The number of carbonyl (C=O) groups is 2. The Morgan fingerprint density at radius 1 is 1.25 bits per heavy atom. The molecule has 2 N–H and O–H groups in total. The van der Waals surface area contributed by atoms with Crippen molar-refractivity contribution >= 4 is 29.2 Å². The summed E-state index contributed by atoms with van der Waals surface area (Å²) in [7, 11) is 0. The summed E-state index contributed by atoms with van der Waals surface area (Å²) in [5.41, 5.74) is 3.58. The number of aromatic nitrogens is 2. The lowest BCUT2D eigenvalue weighted by Crippen LogP contribution is -2.33. The van der Waals surface area contributed by atoms with Crippen LogP contribution in [0.4, 0.5) is 14.9 Å². The minimum absolute atomic E-state index is 0.200. The summed E-state index contributed by atoms with van der Waals surface area (Å²) in [6, 6.07) is 12.3. The first-order valence-corrected chi connectivity index (χ1v) is 10.9. The molecule has 1 atom stereocenters. The Morgan fingerprint density at radius 3 is 2.75 bits per heavy atom. The number of benzene rings is 2. The van der Waals surface area contributed by atoms with E-state index < -0.39 is 18.0 Å². The molecule has 0 spiro atoms. The van der Waals surface area contributed by atoms with Gasteiger partial charge in [0, 0.05) is 31.0 Å². The van der Waals surface area contributed by atoms with E-state index in [0.29, 0.717) is 24.3 Å². The number of ether oxygens (including phenoxy) is 1. The van der Waals surface area contributed by atoms with E-state index in [0.717, 1.165) is 16.8 Å². The van der Waals surface area contributed by atoms with Crippen molar-refractivity contribution < 1.29 is 18.7 Å². The van der Waals surface area contributed by atoms with Crippen LogP contribution in [0, 0.1) is 5.82 Å². The fourth-order valence-electron chi connectivity index (χ4n) is 3.40. The van der Waals surface area contributed by atoms with Crippen LogP contribution in [0.2, 0.25) is 0 Å². The van der Waals surface area contributed by atoms with Gasteiger partial charge in [-0.2, -0.15) is 0 Å². The van der Waals surface area contributed by atoms with Gasteiger partial charge in [0.05, 0.1) is 24.5 Å². The zero-order chi connectivity index (χ0) is 22.5. The summed E-state index contributed by atoms with van der Waals surface area (Å²) in [5.74, 6) is -0.629. The maximum Gasteiger partial charge on any atom is 0.414 e. The zero-order valence-electron chi connectivity index (χ0n) is 17.4. The maximum absolute atomic E-state index is 14.9. The lowest BCUT2D eigenvalue weighted by atomic mass is 10.0. The Balaban J connectivity index is 1.38. The number of halogens is 1. The number of carbonyl (C=O) groups excluding carboxylic acids is 2. The number of anilines is 1. The molecule has 3 aromatic rings. The first-order chi connectivity index (χ1) is 15.5. The number of nitrogens with zero attached hydrogens (tertiary/aromatic N) is 3. The van der Waals surface area contributed by atoms with E-state index in [2.05, 4.69) is 20.2 Å². The SMILES string of the molecule is CC(=O)NC[C@H]1CN(c2ccc(-c3ccc(CNCc4csnn4)cc3)c(F)c2)C(=O)O1. The molecule has 1 aliphatic heterocycles. The summed E-state index contributed by atoms with van der Waals surface area (Å²) >= 11 is 1.32. The second kappa shape index (κ2) is 9.84. The third-order valence-corrected chi connectivity index (χ3v) is 5.58. The monoisotopic (exact) mass is 455 g/mol. The third-order valence-electron chi connectivity index (χ3n) is 5.02. The molecule has 4 rings (SSSR count). The molecule has 0 radical (unpaired) electrons. The fourth-order valence-corrected chi connectivity index (χ4v) is 3.85. The van der Waals surface area contributed by atoms with Crippen LogP contribution in [0.25, 0.3) is 11.1 Å². The second-order valence-electron chi connectivity index (χ2n) is 7.41. The predicted octanol–water partition coefficient (Wildman–Crippen LogP) is 3.10. The first kappa shape index (κ1) is 21.8. The van der Waals surface area contributed by atoms with Gasteiger partial charge in [0.2, 0.25) is 5.91 Å². The maximum atomic E-state index is 14.9. The van der Waals surface area contributed by atoms with Crippen LogP contribution < -0.4 is 15.5 Å². The third kappa shape index (κ3) is 5.27. The summed E-state index contributed by atoms with van der Waals surface area (Å²) in [6.07, 6.45) is -1.03. The molecule has 10 heteroatoms. The van der Waals surface area contributed by atoms with Crippen LogP contribution in [0.3, 0.4) is 0 Å². The number of rotatable bonds is 8. The van der Waals surface area contributed by atoms with Crippen LogP contribution in [0.15, 0.2) is 47.8 Å². The van der Waals surface area contributed by atoms with Crippen LogP contribution >= 0.6 is 11.5 Å². The van der Waals surface area contributed by atoms with E-state index in [1.54, 1.807) is 12.1 Å². The highest BCUT2D eigenvalue weighted by Gasteiger charge is 2.32. The van der Waals surface area contributed by atoms with Crippen molar-refractivity contribution in [3.8, 4) is 11.1 Å². The van der Waals surface area contributed by atoms with Crippen LogP contribution in [0.1, 0.15) is 18.2 Å². The van der Waals surface area contributed by atoms with E-state index in [4.69, 9.17) is 4.74 Å². The van der Waals surface area contributed by atoms with Gasteiger partial charge in [-0.15, -0.1) is 5.10 Å². The van der Waals surface area contributed by atoms with Crippen molar-refractivity contribution in [2.45, 2.75) is 26.1 Å². The Morgan fingerprint density at radius 2 is 2.06 bits per heavy atom. The average molecular weight is 456 g/mol. The molecule has 166 valence electrons. The minimum atomic E-state index is -0.558. The average Bonchev–Trinajstić information content (AvgIpc) is 3.42. The summed E-state index contributed by atoms with van der Waals surface area (Å²) in [6.45, 7) is 3.16. The normalized spacial score (nSPS) is 15.6. The van der Waals surface area contributed by atoms with Crippen molar-refractivity contribution in [1.82, 2.24) is 20.2 Å². The molecule has 2 amide bonds.